The maximum absolute atomic E-state index is 13.4. The predicted octanol–water partition coefficient (Wildman–Crippen LogP) is 2.93. The topological polar surface area (TPSA) is 61.8 Å². The first-order chi connectivity index (χ1) is 10.0. The lowest BCUT2D eigenvalue weighted by atomic mass is 9.86. The monoisotopic (exact) mass is 293 g/mol. The van der Waals surface area contributed by atoms with Crippen LogP contribution in [0.3, 0.4) is 0 Å². The van der Waals surface area contributed by atoms with Crippen molar-refractivity contribution in [1.82, 2.24) is 4.90 Å². The van der Waals surface area contributed by atoms with Crippen molar-refractivity contribution in [3.05, 3.63) is 35.1 Å². The molecule has 21 heavy (non-hydrogen) atoms. The average Bonchev–Trinajstić information content (AvgIpc) is 2.48. The molecule has 4 nitrogen and oxygen atoms in total. The second kappa shape index (κ2) is 6.89. The molecule has 0 amide bonds. The molecular weight excluding hydrogens is 269 g/mol. The van der Waals surface area contributed by atoms with Gasteiger partial charge in [-0.05, 0) is 56.3 Å². The van der Waals surface area contributed by atoms with Gasteiger partial charge in [0.2, 0.25) is 0 Å². The summed E-state index contributed by atoms with van der Waals surface area (Å²) in [5, 5.41) is 11.8. The third-order valence-corrected chi connectivity index (χ3v) is 4.48. The van der Waals surface area contributed by atoms with Gasteiger partial charge in [0, 0.05) is 18.2 Å². The van der Waals surface area contributed by atoms with Crippen LogP contribution in [-0.4, -0.2) is 29.0 Å². The highest BCUT2D eigenvalue weighted by molar-refractivity contribution is 5.98. The zero-order valence-electron chi connectivity index (χ0n) is 12.7. The molecule has 0 atom stereocenters. The van der Waals surface area contributed by atoms with Crippen molar-refractivity contribution in [2.45, 2.75) is 45.2 Å². The van der Waals surface area contributed by atoms with Gasteiger partial charge in [-0.3, -0.25) is 4.90 Å². The van der Waals surface area contributed by atoms with E-state index in [1.54, 1.807) is 6.07 Å². The van der Waals surface area contributed by atoms with Gasteiger partial charge in [0.1, 0.15) is 5.82 Å². The van der Waals surface area contributed by atoms with Gasteiger partial charge in [-0.25, -0.2) is 4.39 Å². The van der Waals surface area contributed by atoms with Crippen molar-refractivity contribution in [2.24, 2.45) is 16.8 Å². The van der Waals surface area contributed by atoms with Gasteiger partial charge in [0.25, 0.3) is 0 Å². The van der Waals surface area contributed by atoms with E-state index in [-0.39, 0.29) is 11.7 Å². The van der Waals surface area contributed by atoms with Gasteiger partial charge < -0.3 is 10.9 Å². The lowest BCUT2D eigenvalue weighted by Crippen LogP contribution is -2.35. The number of rotatable bonds is 4. The van der Waals surface area contributed by atoms with E-state index in [2.05, 4.69) is 24.0 Å². The predicted molar refractivity (Wildman–Crippen MR) is 81.8 cm³/mol. The summed E-state index contributed by atoms with van der Waals surface area (Å²) in [7, 11) is 2.08. The first-order valence-corrected chi connectivity index (χ1v) is 7.47. The normalized spacial score (nSPS) is 23.5. The molecule has 0 unspecified atom stereocenters. The molecule has 5 heteroatoms. The number of benzene rings is 1. The van der Waals surface area contributed by atoms with Crippen LogP contribution in [0.4, 0.5) is 4.39 Å². The number of nitrogens with two attached hydrogens (primary N) is 1. The molecule has 0 radical (unpaired) electrons. The molecule has 0 saturated heterocycles. The molecule has 0 spiro atoms. The Bertz CT molecular complexity index is 510. The van der Waals surface area contributed by atoms with Gasteiger partial charge in [-0.1, -0.05) is 18.1 Å². The molecule has 2 rings (SSSR count). The Morgan fingerprint density at radius 2 is 2.05 bits per heavy atom. The molecule has 1 saturated carbocycles. The van der Waals surface area contributed by atoms with E-state index in [4.69, 9.17) is 10.9 Å². The van der Waals surface area contributed by atoms with Crippen LogP contribution < -0.4 is 5.73 Å². The Kier molecular flexibility index (Phi) is 5.17. The van der Waals surface area contributed by atoms with Crippen LogP contribution in [0.1, 0.15) is 43.7 Å². The van der Waals surface area contributed by atoms with Gasteiger partial charge in [-0.15, -0.1) is 0 Å². The number of oxime groups is 1. The van der Waals surface area contributed by atoms with Crippen LogP contribution in [0, 0.1) is 11.7 Å². The van der Waals surface area contributed by atoms with E-state index in [0.29, 0.717) is 18.2 Å². The first kappa shape index (κ1) is 15.8. The number of amidine groups is 1. The summed E-state index contributed by atoms with van der Waals surface area (Å²) >= 11 is 0. The van der Waals surface area contributed by atoms with Gasteiger partial charge in [-0.2, -0.15) is 0 Å². The highest BCUT2D eigenvalue weighted by atomic mass is 19.1. The molecule has 0 aliphatic heterocycles. The molecular formula is C16H24FN3O. The van der Waals surface area contributed by atoms with Crippen LogP contribution in [0.2, 0.25) is 0 Å². The van der Waals surface area contributed by atoms with E-state index in [0.717, 1.165) is 11.5 Å². The average molecular weight is 293 g/mol. The molecule has 3 N–H and O–H groups in total. The van der Waals surface area contributed by atoms with Crippen LogP contribution in [0.15, 0.2) is 23.4 Å². The van der Waals surface area contributed by atoms with Crippen molar-refractivity contribution in [3.63, 3.8) is 0 Å². The molecule has 1 aromatic carbocycles. The summed E-state index contributed by atoms with van der Waals surface area (Å²) in [4.78, 5) is 2.28. The van der Waals surface area contributed by atoms with Gasteiger partial charge in [0.15, 0.2) is 5.84 Å². The maximum Gasteiger partial charge on any atom is 0.170 e. The molecule has 1 aromatic rings. The molecule has 1 aliphatic rings. The van der Waals surface area contributed by atoms with Crippen LogP contribution in [0.25, 0.3) is 0 Å². The Morgan fingerprint density at radius 1 is 1.38 bits per heavy atom. The fourth-order valence-corrected chi connectivity index (χ4v) is 3.06. The number of hydrogen-bond acceptors (Lipinski definition) is 3. The highest BCUT2D eigenvalue weighted by Gasteiger charge is 2.22. The first-order valence-electron chi connectivity index (χ1n) is 7.47. The lowest BCUT2D eigenvalue weighted by Gasteiger charge is -2.34. The van der Waals surface area contributed by atoms with Crippen molar-refractivity contribution >= 4 is 5.84 Å². The number of hydrogen-bond donors (Lipinski definition) is 2. The minimum Gasteiger partial charge on any atom is -0.409 e. The van der Waals surface area contributed by atoms with Gasteiger partial charge >= 0.3 is 0 Å². The second-order valence-electron chi connectivity index (χ2n) is 6.12. The Morgan fingerprint density at radius 3 is 2.67 bits per heavy atom. The highest BCUT2D eigenvalue weighted by Crippen LogP contribution is 2.27. The Labute approximate surface area is 125 Å². The fourth-order valence-electron chi connectivity index (χ4n) is 3.06. The quantitative estimate of drug-likeness (QED) is 0.388. The van der Waals surface area contributed by atoms with E-state index < -0.39 is 0 Å². The van der Waals surface area contributed by atoms with Crippen LogP contribution in [-0.2, 0) is 6.54 Å². The lowest BCUT2D eigenvalue weighted by molar-refractivity contribution is 0.164. The standard InChI is InChI=1S/C16H24FN3O/c1-11-3-7-14(8-4-11)20(2)10-12-5-6-13(17)9-15(12)16(18)19-21/h5-6,9,11,14,21H,3-4,7-8,10H2,1-2H3,(H2,18,19). The molecule has 1 aliphatic carbocycles. The summed E-state index contributed by atoms with van der Waals surface area (Å²) in [6, 6.07) is 5.00. The molecule has 0 aromatic heterocycles. The Hall–Kier alpha value is -1.62. The molecule has 0 bridgehead atoms. The summed E-state index contributed by atoms with van der Waals surface area (Å²) in [6.45, 7) is 2.97. The molecule has 1 fully saturated rings. The van der Waals surface area contributed by atoms with Gasteiger partial charge in [0.05, 0.1) is 0 Å². The van der Waals surface area contributed by atoms with E-state index >= 15 is 0 Å². The zero-order valence-corrected chi connectivity index (χ0v) is 12.7. The summed E-state index contributed by atoms with van der Waals surface area (Å²) < 4.78 is 13.4. The van der Waals surface area contributed by atoms with Crippen molar-refractivity contribution in [2.75, 3.05) is 7.05 Å². The third-order valence-electron chi connectivity index (χ3n) is 4.48. The second-order valence-corrected chi connectivity index (χ2v) is 6.12. The summed E-state index contributed by atoms with van der Waals surface area (Å²) in [6.07, 6.45) is 4.90. The van der Waals surface area contributed by atoms with Crippen LogP contribution in [0.5, 0.6) is 0 Å². The fraction of sp³-hybridized carbons (Fsp3) is 0.562. The summed E-state index contributed by atoms with van der Waals surface area (Å²) in [5.41, 5.74) is 7.00. The van der Waals surface area contributed by atoms with E-state index in [1.165, 1.54) is 37.8 Å². The summed E-state index contributed by atoms with van der Waals surface area (Å²) in [5.74, 6) is 0.387. The Balaban J connectivity index is 2.12. The van der Waals surface area contributed by atoms with E-state index in [1.807, 2.05) is 0 Å². The minimum atomic E-state index is -0.380. The minimum absolute atomic E-state index is 0.0461. The van der Waals surface area contributed by atoms with E-state index in [9.17, 15) is 4.39 Å². The van der Waals surface area contributed by atoms with Crippen molar-refractivity contribution < 1.29 is 9.60 Å². The van der Waals surface area contributed by atoms with Crippen molar-refractivity contribution in [3.8, 4) is 0 Å². The molecule has 116 valence electrons. The molecule has 0 heterocycles. The smallest absolute Gasteiger partial charge is 0.170 e. The van der Waals surface area contributed by atoms with Crippen LogP contribution >= 0.6 is 0 Å². The largest absolute Gasteiger partial charge is 0.409 e. The number of nitrogens with zero attached hydrogens (tertiary/aromatic N) is 2. The SMILES string of the molecule is CC1CCC(N(C)Cc2ccc(F)cc2C(N)=NO)CC1. The maximum atomic E-state index is 13.4. The van der Waals surface area contributed by atoms with Crippen molar-refractivity contribution in [1.29, 1.82) is 0 Å². The number of halogens is 1. The third kappa shape index (κ3) is 3.94. The zero-order chi connectivity index (χ0) is 15.4.